The Morgan fingerprint density at radius 3 is 2.60 bits per heavy atom. The molecule has 0 N–H and O–H groups in total. The van der Waals surface area contributed by atoms with E-state index in [1.165, 1.54) is 19.3 Å². The largest absolute Gasteiger partial charge is 0.374 e. The molecule has 0 aromatic rings. The fourth-order valence-corrected chi connectivity index (χ4v) is 2.13. The van der Waals surface area contributed by atoms with E-state index in [0.29, 0.717) is 18.3 Å². The van der Waals surface area contributed by atoms with E-state index in [-0.39, 0.29) is 0 Å². The molecule has 2 nitrogen and oxygen atoms in total. The highest BCUT2D eigenvalue weighted by molar-refractivity contribution is 5.82. The molecule has 0 atom stereocenters. The Hall–Kier alpha value is -0.370. The van der Waals surface area contributed by atoms with Crippen molar-refractivity contribution in [2.24, 2.45) is 11.8 Å². The Kier molecular flexibility index (Phi) is 5.92. The van der Waals surface area contributed by atoms with Crippen LogP contribution in [0.15, 0.2) is 0 Å². The van der Waals surface area contributed by atoms with Gasteiger partial charge in [0.1, 0.15) is 6.61 Å². The van der Waals surface area contributed by atoms with E-state index in [1.54, 1.807) is 0 Å². The van der Waals surface area contributed by atoms with Crippen molar-refractivity contribution in [1.82, 2.24) is 0 Å². The number of carbonyl (C=O) groups is 1. The number of ether oxygens (including phenoxy) is 1. The summed E-state index contributed by atoms with van der Waals surface area (Å²) < 4.78 is 5.41. The van der Waals surface area contributed by atoms with Gasteiger partial charge in [-0.15, -0.1) is 0 Å². The molecule has 0 radical (unpaired) electrons. The zero-order valence-corrected chi connectivity index (χ0v) is 10.1. The maximum Gasteiger partial charge on any atom is 0.161 e. The van der Waals surface area contributed by atoms with Crippen LogP contribution in [-0.2, 0) is 9.53 Å². The summed E-state index contributed by atoms with van der Waals surface area (Å²) in [5, 5.41) is 0. The lowest BCUT2D eigenvalue weighted by atomic mass is 10.0. The van der Waals surface area contributed by atoms with E-state index in [0.717, 1.165) is 31.8 Å². The van der Waals surface area contributed by atoms with Crippen LogP contribution in [0.5, 0.6) is 0 Å². The SMILES string of the molecule is CC(C)CCCOCC(=O)C1CCCC1. The Labute approximate surface area is 93.4 Å². The highest BCUT2D eigenvalue weighted by atomic mass is 16.5. The van der Waals surface area contributed by atoms with E-state index in [1.807, 2.05) is 0 Å². The third kappa shape index (κ3) is 5.31. The van der Waals surface area contributed by atoms with Crippen molar-refractivity contribution in [3.63, 3.8) is 0 Å². The van der Waals surface area contributed by atoms with Gasteiger partial charge in [0.15, 0.2) is 5.78 Å². The minimum absolute atomic E-state index is 0.315. The van der Waals surface area contributed by atoms with Gasteiger partial charge in [0.05, 0.1) is 0 Å². The number of ketones is 1. The average molecular weight is 212 g/mol. The average Bonchev–Trinajstić information content (AvgIpc) is 2.69. The first-order valence-electron chi connectivity index (χ1n) is 6.30. The third-order valence-corrected chi connectivity index (χ3v) is 3.12. The summed E-state index contributed by atoms with van der Waals surface area (Å²) >= 11 is 0. The van der Waals surface area contributed by atoms with Crippen molar-refractivity contribution in [3.05, 3.63) is 0 Å². The molecule has 0 heterocycles. The standard InChI is InChI=1S/C13H24O2/c1-11(2)6-5-9-15-10-13(14)12-7-3-4-8-12/h11-12H,3-10H2,1-2H3. The molecular formula is C13H24O2. The van der Waals surface area contributed by atoms with Crippen LogP contribution < -0.4 is 0 Å². The Balaban J connectivity index is 1.97. The lowest BCUT2D eigenvalue weighted by Gasteiger charge is -2.09. The van der Waals surface area contributed by atoms with Gasteiger partial charge < -0.3 is 4.74 Å². The zero-order valence-electron chi connectivity index (χ0n) is 10.1. The topological polar surface area (TPSA) is 26.3 Å². The van der Waals surface area contributed by atoms with Gasteiger partial charge in [0, 0.05) is 12.5 Å². The highest BCUT2D eigenvalue weighted by Crippen LogP contribution is 2.25. The van der Waals surface area contributed by atoms with E-state index >= 15 is 0 Å². The third-order valence-electron chi connectivity index (χ3n) is 3.12. The molecule has 1 aliphatic carbocycles. The second-order valence-corrected chi connectivity index (χ2v) is 5.04. The van der Waals surface area contributed by atoms with Crippen molar-refractivity contribution in [3.8, 4) is 0 Å². The Morgan fingerprint density at radius 1 is 1.33 bits per heavy atom. The van der Waals surface area contributed by atoms with E-state index in [9.17, 15) is 4.79 Å². The van der Waals surface area contributed by atoms with Gasteiger partial charge >= 0.3 is 0 Å². The maximum absolute atomic E-state index is 11.6. The summed E-state index contributed by atoms with van der Waals surface area (Å²) in [6.45, 7) is 5.52. The van der Waals surface area contributed by atoms with Crippen molar-refractivity contribution >= 4 is 5.78 Å². The molecule has 0 aromatic carbocycles. The first kappa shape index (κ1) is 12.7. The first-order valence-corrected chi connectivity index (χ1v) is 6.30. The predicted molar refractivity (Wildman–Crippen MR) is 61.9 cm³/mol. The lowest BCUT2D eigenvalue weighted by Crippen LogP contribution is -2.17. The molecule has 0 amide bonds. The second-order valence-electron chi connectivity index (χ2n) is 5.04. The molecule has 0 bridgehead atoms. The van der Waals surface area contributed by atoms with Crippen LogP contribution in [0.3, 0.4) is 0 Å². The van der Waals surface area contributed by atoms with E-state index in [2.05, 4.69) is 13.8 Å². The molecule has 1 rings (SSSR count). The summed E-state index contributed by atoms with van der Waals surface area (Å²) in [6, 6.07) is 0. The number of Topliss-reactive ketones (excluding diaryl/α,β-unsaturated/α-hetero) is 1. The molecule has 1 fully saturated rings. The van der Waals surface area contributed by atoms with Crippen LogP contribution in [0.4, 0.5) is 0 Å². The van der Waals surface area contributed by atoms with Crippen LogP contribution in [0.25, 0.3) is 0 Å². The van der Waals surface area contributed by atoms with Crippen molar-refractivity contribution in [2.75, 3.05) is 13.2 Å². The molecule has 0 spiro atoms. The lowest BCUT2D eigenvalue weighted by molar-refractivity contribution is -0.127. The normalized spacial score (nSPS) is 17.5. The molecule has 2 heteroatoms. The first-order chi connectivity index (χ1) is 7.20. The predicted octanol–water partition coefficient (Wildman–Crippen LogP) is 3.20. The quantitative estimate of drug-likeness (QED) is 0.606. The van der Waals surface area contributed by atoms with Crippen LogP contribution >= 0.6 is 0 Å². The maximum atomic E-state index is 11.6. The molecule has 1 saturated carbocycles. The summed E-state index contributed by atoms with van der Waals surface area (Å²) in [7, 11) is 0. The van der Waals surface area contributed by atoms with Crippen LogP contribution in [0.1, 0.15) is 52.4 Å². The van der Waals surface area contributed by atoms with Crippen LogP contribution in [0.2, 0.25) is 0 Å². The fraction of sp³-hybridized carbons (Fsp3) is 0.923. The fourth-order valence-electron chi connectivity index (χ4n) is 2.13. The van der Waals surface area contributed by atoms with Crippen molar-refractivity contribution in [2.45, 2.75) is 52.4 Å². The van der Waals surface area contributed by atoms with Crippen LogP contribution in [-0.4, -0.2) is 19.0 Å². The second kappa shape index (κ2) is 7.00. The monoisotopic (exact) mass is 212 g/mol. The summed E-state index contributed by atoms with van der Waals surface area (Å²) in [5.41, 5.74) is 0. The minimum atomic E-state index is 0.315. The molecule has 0 aromatic heterocycles. The van der Waals surface area contributed by atoms with Crippen LogP contribution in [0, 0.1) is 11.8 Å². The summed E-state index contributed by atoms with van der Waals surface area (Å²) in [6.07, 6.45) is 6.91. The van der Waals surface area contributed by atoms with Gasteiger partial charge in [-0.1, -0.05) is 26.7 Å². The number of hydrogen-bond donors (Lipinski definition) is 0. The van der Waals surface area contributed by atoms with Gasteiger partial charge in [-0.2, -0.15) is 0 Å². The number of carbonyl (C=O) groups excluding carboxylic acids is 1. The smallest absolute Gasteiger partial charge is 0.161 e. The zero-order chi connectivity index (χ0) is 11.1. The summed E-state index contributed by atoms with van der Waals surface area (Å²) in [4.78, 5) is 11.6. The number of hydrogen-bond acceptors (Lipinski definition) is 2. The van der Waals surface area contributed by atoms with Gasteiger partial charge in [-0.25, -0.2) is 0 Å². The molecule has 0 aliphatic heterocycles. The molecule has 88 valence electrons. The van der Waals surface area contributed by atoms with E-state index in [4.69, 9.17) is 4.74 Å². The summed E-state index contributed by atoms with van der Waals surface area (Å²) in [5.74, 6) is 1.38. The molecule has 1 aliphatic rings. The van der Waals surface area contributed by atoms with Gasteiger partial charge in [-0.05, 0) is 31.6 Å². The Bertz CT molecular complexity index is 181. The number of rotatable bonds is 7. The van der Waals surface area contributed by atoms with E-state index < -0.39 is 0 Å². The van der Waals surface area contributed by atoms with Gasteiger partial charge in [0.2, 0.25) is 0 Å². The highest BCUT2D eigenvalue weighted by Gasteiger charge is 2.22. The van der Waals surface area contributed by atoms with Crippen molar-refractivity contribution < 1.29 is 9.53 Å². The molecule has 0 unspecified atom stereocenters. The Morgan fingerprint density at radius 2 is 2.00 bits per heavy atom. The molecule has 15 heavy (non-hydrogen) atoms. The molecule has 0 saturated heterocycles. The minimum Gasteiger partial charge on any atom is -0.374 e. The van der Waals surface area contributed by atoms with Gasteiger partial charge in [-0.3, -0.25) is 4.79 Å². The van der Waals surface area contributed by atoms with Crippen molar-refractivity contribution in [1.29, 1.82) is 0 Å². The molecular weight excluding hydrogens is 188 g/mol. The van der Waals surface area contributed by atoms with Gasteiger partial charge in [0.25, 0.3) is 0 Å².